The molecule has 0 spiro atoms. The van der Waals surface area contributed by atoms with E-state index in [0.29, 0.717) is 16.7 Å². The first-order valence-electron chi connectivity index (χ1n) is 6.04. The van der Waals surface area contributed by atoms with Crippen molar-refractivity contribution in [2.45, 2.75) is 6.43 Å². The zero-order chi connectivity index (χ0) is 17.4. The van der Waals surface area contributed by atoms with E-state index in [1.165, 1.54) is 0 Å². The van der Waals surface area contributed by atoms with Crippen LogP contribution in [0.4, 0.5) is 19.0 Å². The van der Waals surface area contributed by atoms with Gasteiger partial charge in [-0.25, -0.2) is 22.5 Å². The van der Waals surface area contributed by atoms with Crippen LogP contribution in [-0.2, 0) is 0 Å². The fraction of sp³-hybridized carbons (Fsp3) is 0.0909. The maximum atomic E-state index is 13.4. The van der Waals surface area contributed by atoms with E-state index in [2.05, 4.69) is 24.6 Å². The van der Waals surface area contributed by atoms with Crippen molar-refractivity contribution >= 4 is 5.82 Å². The Hall–Kier alpha value is -3.51. The molecule has 0 radical (unpaired) electrons. The van der Waals surface area contributed by atoms with Gasteiger partial charge in [-0.05, 0) is 28.3 Å². The van der Waals surface area contributed by atoms with Gasteiger partial charge in [0.15, 0.2) is 5.16 Å². The van der Waals surface area contributed by atoms with Crippen molar-refractivity contribution in [2.75, 3.05) is 0 Å². The van der Waals surface area contributed by atoms with Crippen LogP contribution in [-0.4, -0.2) is 25.0 Å². The molecule has 0 atom stereocenters. The first-order valence-corrected chi connectivity index (χ1v) is 6.04. The van der Waals surface area contributed by atoms with E-state index in [1.54, 1.807) is 0 Å². The van der Waals surface area contributed by atoms with E-state index in [9.17, 15) is 28.1 Å². The standard InChI is InChI=1S/C11H4F3N5O5/c12-6-2-1-4(3-5(6)8(13)14)18-9(16-23-11(18)20)7-10(19(21)22)17-24-15-7/h1-3,8H. The molecule has 0 unspecified atom stereocenters. The molecule has 0 saturated carbocycles. The number of hydrogen-bond donors (Lipinski definition) is 0. The molecule has 124 valence electrons. The Bertz CT molecular complexity index is 979. The first kappa shape index (κ1) is 15.4. The average Bonchev–Trinajstić information content (AvgIpc) is 3.14. The summed E-state index contributed by atoms with van der Waals surface area (Å²) in [6, 6.07) is 2.37. The van der Waals surface area contributed by atoms with Gasteiger partial charge in [-0.15, -0.1) is 4.63 Å². The van der Waals surface area contributed by atoms with E-state index in [-0.39, 0.29) is 5.69 Å². The van der Waals surface area contributed by atoms with Crippen LogP contribution >= 0.6 is 0 Å². The molecule has 0 aliphatic rings. The number of rotatable bonds is 4. The highest BCUT2D eigenvalue weighted by Crippen LogP contribution is 2.28. The van der Waals surface area contributed by atoms with Crippen molar-refractivity contribution in [3.63, 3.8) is 0 Å². The van der Waals surface area contributed by atoms with Gasteiger partial charge in [0.05, 0.1) is 11.3 Å². The van der Waals surface area contributed by atoms with E-state index >= 15 is 0 Å². The molecule has 3 aromatic rings. The predicted octanol–water partition coefficient (Wildman–Crippen LogP) is 1.86. The Morgan fingerprint density at radius 1 is 1.25 bits per heavy atom. The second kappa shape index (κ2) is 5.60. The summed E-state index contributed by atoms with van der Waals surface area (Å²) in [6.45, 7) is 0. The van der Waals surface area contributed by atoms with Crippen LogP contribution < -0.4 is 5.76 Å². The molecule has 0 N–H and O–H groups in total. The van der Waals surface area contributed by atoms with Crippen LogP contribution in [0.25, 0.3) is 17.2 Å². The lowest BCUT2D eigenvalue weighted by molar-refractivity contribution is -0.390. The molecule has 13 heteroatoms. The fourth-order valence-corrected chi connectivity index (χ4v) is 1.91. The second-order valence-electron chi connectivity index (χ2n) is 4.31. The number of nitrogens with zero attached hydrogens (tertiary/aromatic N) is 5. The number of alkyl halides is 2. The van der Waals surface area contributed by atoms with Gasteiger partial charge in [0.2, 0.25) is 5.82 Å². The van der Waals surface area contributed by atoms with Crippen molar-refractivity contribution in [3.8, 4) is 17.2 Å². The summed E-state index contributed by atoms with van der Waals surface area (Å²) in [5, 5.41) is 20.4. The van der Waals surface area contributed by atoms with E-state index in [4.69, 9.17) is 0 Å². The van der Waals surface area contributed by atoms with Gasteiger partial charge in [0, 0.05) is 0 Å². The van der Waals surface area contributed by atoms with Crippen molar-refractivity contribution in [1.82, 2.24) is 20.0 Å². The molecule has 2 heterocycles. The van der Waals surface area contributed by atoms with Gasteiger partial charge in [-0.1, -0.05) is 5.16 Å². The van der Waals surface area contributed by atoms with Crippen molar-refractivity contribution in [1.29, 1.82) is 0 Å². The minimum atomic E-state index is -3.15. The number of halogens is 3. The third-order valence-corrected chi connectivity index (χ3v) is 2.93. The summed E-state index contributed by atoms with van der Waals surface area (Å²) in [4.78, 5) is 21.7. The molecule has 0 fully saturated rings. The van der Waals surface area contributed by atoms with E-state index in [1.807, 2.05) is 0 Å². The smallest absolute Gasteiger partial charge is 0.358 e. The molecule has 10 nitrogen and oxygen atoms in total. The molecule has 0 saturated heterocycles. The van der Waals surface area contributed by atoms with E-state index < -0.39 is 45.8 Å². The lowest BCUT2D eigenvalue weighted by Crippen LogP contribution is -2.14. The predicted molar refractivity (Wildman–Crippen MR) is 67.0 cm³/mol. The summed E-state index contributed by atoms with van der Waals surface area (Å²) in [6.07, 6.45) is -3.15. The average molecular weight is 343 g/mol. The van der Waals surface area contributed by atoms with Gasteiger partial charge >= 0.3 is 11.6 Å². The highest BCUT2D eigenvalue weighted by Gasteiger charge is 2.30. The molecular formula is C11H4F3N5O5. The summed E-state index contributed by atoms with van der Waals surface area (Å²) in [5.74, 6) is -3.73. The molecule has 24 heavy (non-hydrogen) atoms. The zero-order valence-corrected chi connectivity index (χ0v) is 11.2. The van der Waals surface area contributed by atoms with Gasteiger partial charge in [-0.3, -0.25) is 4.52 Å². The van der Waals surface area contributed by atoms with Gasteiger partial charge in [0.1, 0.15) is 5.82 Å². The Balaban J connectivity index is 2.22. The maximum Gasteiger partial charge on any atom is 0.446 e. The fourth-order valence-electron chi connectivity index (χ4n) is 1.91. The normalized spacial score (nSPS) is 11.2. The molecule has 0 amide bonds. The number of benzene rings is 1. The number of nitro groups is 1. The lowest BCUT2D eigenvalue weighted by atomic mass is 10.2. The Morgan fingerprint density at radius 3 is 2.67 bits per heavy atom. The SMILES string of the molecule is O=c1onc(-c2nonc2[N+](=O)[O-])n1-c1ccc(F)c(C(F)F)c1. The van der Waals surface area contributed by atoms with Crippen molar-refractivity contribution < 1.29 is 27.2 Å². The first-order chi connectivity index (χ1) is 11.4. The zero-order valence-electron chi connectivity index (χ0n) is 11.2. The number of hydrogen-bond acceptors (Lipinski definition) is 8. The highest BCUT2D eigenvalue weighted by molar-refractivity contribution is 5.61. The maximum absolute atomic E-state index is 13.4. The minimum Gasteiger partial charge on any atom is -0.358 e. The number of aromatic nitrogens is 4. The molecular weight excluding hydrogens is 339 g/mol. The second-order valence-corrected chi connectivity index (χ2v) is 4.31. The van der Waals surface area contributed by atoms with Crippen molar-refractivity contribution in [3.05, 3.63) is 50.2 Å². The summed E-state index contributed by atoms with van der Waals surface area (Å²) >= 11 is 0. The van der Waals surface area contributed by atoms with Gasteiger partial charge < -0.3 is 10.1 Å². The molecule has 1 aromatic carbocycles. The van der Waals surface area contributed by atoms with Gasteiger partial charge in [0.25, 0.3) is 12.1 Å². The summed E-state index contributed by atoms with van der Waals surface area (Å²) < 4.78 is 48.2. The highest BCUT2D eigenvalue weighted by atomic mass is 19.3. The monoisotopic (exact) mass is 343 g/mol. The van der Waals surface area contributed by atoms with Crippen molar-refractivity contribution in [2.24, 2.45) is 0 Å². The van der Waals surface area contributed by atoms with E-state index in [0.717, 1.165) is 6.07 Å². The quantitative estimate of drug-likeness (QED) is 0.518. The van der Waals surface area contributed by atoms with Crippen LogP contribution in [0.1, 0.15) is 12.0 Å². The Kier molecular flexibility index (Phi) is 3.59. The Morgan fingerprint density at radius 2 is 2.00 bits per heavy atom. The largest absolute Gasteiger partial charge is 0.446 e. The molecule has 0 bridgehead atoms. The lowest BCUT2D eigenvalue weighted by Gasteiger charge is -2.06. The van der Waals surface area contributed by atoms with Crippen LogP contribution in [0.3, 0.4) is 0 Å². The molecule has 2 aromatic heterocycles. The summed E-state index contributed by atoms with van der Waals surface area (Å²) in [5.41, 5.74) is -1.79. The molecule has 3 rings (SSSR count). The summed E-state index contributed by atoms with van der Waals surface area (Å²) in [7, 11) is 0. The third kappa shape index (κ3) is 2.41. The topological polar surface area (TPSA) is 130 Å². The Labute approximate surface area is 128 Å². The van der Waals surface area contributed by atoms with Gasteiger partial charge in [-0.2, -0.15) is 0 Å². The molecule has 0 aliphatic carbocycles. The van der Waals surface area contributed by atoms with Crippen LogP contribution in [0, 0.1) is 15.9 Å². The van der Waals surface area contributed by atoms with Crippen LogP contribution in [0.5, 0.6) is 0 Å². The third-order valence-electron chi connectivity index (χ3n) is 2.93. The van der Waals surface area contributed by atoms with Crippen LogP contribution in [0.2, 0.25) is 0 Å². The minimum absolute atomic E-state index is 0.259. The van der Waals surface area contributed by atoms with Crippen LogP contribution in [0.15, 0.2) is 32.1 Å². The molecule has 0 aliphatic heterocycles.